The monoisotopic (exact) mass is 182 g/mol. The third kappa shape index (κ3) is 0.835. The van der Waals surface area contributed by atoms with Gasteiger partial charge in [0.15, 0.2) is 0 Å². The Morgan fingerprint density at radius 2 is 1.38 bits per heavy atom. The average Bonchev–Trinajstić information content (AvgIpc) is 2.59. The number of fused-ring (bicyclic) bond motifs is 1. The van der Waals surface area contributed by atoms with Crippen molar-refractivity contribution in [3.05, 3.63) is 21.8 Å². The van der Waals surface area contributed by atoms with E-state index in [4.69, 9.17) is 0 Å². The van der Waals surface area contributed by atoms with Gasteiger partial charge < -0.3 is 10.4 Å². The molecule has 0 aliphatic carbocycles. The maximum absolute atomic E-state index is 11.2. The highest BCUT2D eigenvalue weighted by Gasteiger charge is 2.24. The summed E-state index contributed by atoms with van der Waals surface area (Å²) >= 11 is 0. The van der Waals surface area contributed by atoms with E-state index < -0.39 is 0 Å². The van der Waals surface area contributed by atoms with Gasteiger partial charge in [0.05, 0.1) is 9.69 Å². The van der Waals surface area contributed by atoms with Crippen LogP contribution in [-0.4, -0.2) is 10.3 Å². The summed E-state index contributed by atoms with van der Waals surface area (Å²) in [7, 11) is 0. The molecule has 0 radical (unpaired) electrons. The first-order valence-corrected chi connectivity index (χ1v) is 3.57. The molecule has 0 amide bonds. The molecule has 7 heteroatoms. The van der Waals surface area contributed by atoms with Crippen LogP contribution in [0.2, 0.25) is 0 Å². The highest BCUT2D eigenvalue weighted by Crippen LogP contribution is 2.10. The smallest absolute Gasteiger partial charge is 0.293 e. The number of nitrogens with zero attached hydrogens (tertiary/aromatic N) is 4. The number of hydrogen-bond acceptors (Lipinski definition) is 5. The normalized spacial score (nSPS) is 10.9. The van der Waals surface area contributed by atoms with E-state index in [1.807, 2.05) is 0 Å². The van der Waals surface area contributed by atoms with Gasteiger partial charge >= 0.3 is 0 Å². The van der Waals surface area contributed by atoms with Crippen LogP contribution in [0.3, 0.4) is 0 Å². The lowest BCUT2D eigenvalue weighted by molar-refractivity contribution is -1.19. The zero-order valence-electron chi connectivity index (χ0n) is 7.01. The molecule has 0 atom stereocenters. The molecule has 13 heavy (non-hydrogen) atoms. The van der Waals surface area contributed by atoms with Crippen molar-refractivity contribution in [2.75, 3.05) is 0 Å². The zero-order chi connectivity index (χ0) is 9.59. The third-order valence-electron chi connectivity index (χ3n) is 1.91. The quantitative estimate of drug-likeness (QED) is 0.389. The van der Waals surface area contributed by atoms with Crippen LogP contribution >= 0.6 is 0 Å². The largest absolute Gasteiger partial charge is 0.561 e. The maximum Gasteiger partial charge on any atom is 0.293 e. The van der Waals surface area contributed by atoms with Crippen LogP contribution in [0.5, 0.6) is 0 Å². The summed E-state index contributed by atoms with van der Waals surface area (Å²) < 4.78 is 4.43. The molecule has 0 saturated heterocycles. The SMILES string of the molecule is Cc1c2nonc2c(C)[n+]([O-])[n+]1[O-]. The minimum Gasteiger partial charge on any atom is -0.561 e. The minimum atomic E-state index is 0.178. The highest BCUT2D eigenvalue weighted by molar-refractivity contribution is 5.75. The van der Waals surface area contributed by atoms with Crippen molar-refractivity contribution in [2.45, 2.75) is 13.8 Å². The van der Waals surface area contributed by atoms with Gasteiger partial charge in [-0.15, -0.1) is 0 Å². The second-order valence-corrected chi connectivity index (χ2v) is 2.68. The summed E-state index contributed by atoms with van der Waals surface area (Å²) in [6.07, 6.45) is 0. The van der Waals surface area contributed by atoms with Crippen LogP contribution in [0.15, 0.2) is 4.63 Å². The molecule has 0 aliphatic heterocycles. The molecule has 2 heterocycles. The van der Waals surface area contributed by atoms with Gasteiger partial charge in [-0.2, -0.15) is 0 Å². The van der Waals surface area contributed by atoms with E-state index >= 15 is 0 Å². The van der Waals surface area contributed by atoms with E-state index in [2.05, 4.69) is 14.9 Å². The molecule has 0 unspecified atom stereocenters. The average molecular weight is 182 g/mol. The van der Waals surface area contributed by atoms with Gasteiger partial charge in [0.1, 0.15) is 0 Å². The lowest BCUT2D eigenvalue weighted by Crippen LogP contribution is -2.64. The summed E-state index contributed by atoms with van der Waals surface area (Å²) in [5.41, 5.74) is 0.993. The lowest BCUT2D eigenvalue weighted by atomic mass is 10.3. The fourth-order valence-corrected chi connectivity index (χ4v) is 1.12. The Hall–Kier alpha value is -1.92. The van der Waals surface area contributed by atoms with Crippen LogP contribution in [-0.2, 0) is 0 Å². The zero-order valence-corrected chi connectivity index (χ0v) is 7.01. The topological polar surface area (TPSA) is 92.8 Å². The Morgan fingerprint density at radius 3 is 1.77 bits per heavy atom. The van der Waals surface area contributed by atoms with Crippen molar-refractivity contribution in [3.63, 3.8) is 0 Å². The first-order chi connectivity index (χ1) is 6.13. The number of rotatable bonds is 0. The van der Waals surface area contributed by atoms with Crippen molar-refractivity contribution in [3.8, 4) is 0 Å². The van der Waals surface area contributed by atoms with Crippen LogP contribution in [0.1, 0.15) is 11.4 Å². The van der Waals surface area contributed by atoms with Gasteiger partial charge in [-0.05, 0) is 10.3 Å². The van der Waals surface area contributed by atoms with E-state index in [-0.39, 0.29) is 21.1 Å². The third-order valence-corrected chi connectivity index (χ3v) is 1.91. The Labute approximate surface area is 72.3 Å². The highest BCUT2D eigenvalue weighted by atomic mass is 16.6. The molecule has 68 valence electrons. The van der Waals surface area contributed by atoms with Crippen LogP contribution in [0, 0.1) is 24.3 Å². The lowest BCUT2D eigenvalue weighted by Gasteiger charge is -2.00. The molecule has 0 saturated carbocycles. The Morgan fingerprint density at radius 1 is 1.00 bits per heavy atom. The summed E-state index contributed by atoms with van der Waals surface area (Å²) in [6.45, 7) is 2.96. The first-order valence-electron chi connectivity index (χ1n) is 3.57. The number of hydrogen-bond donors (Lipinski definition) is 0. The second-order valence-electron chi connectivity index (χ2n) is 2.68. The molecule has 2 aromatic heterocycles. The Bertz CT molecular complexity index is 436. The van der Waals surface area contributed by atoms with Crippen molar-refractivity contribution < 1.29 is 14.3 Å². The van der Waals surface area contributed by atoms with Crippen molar-refractivity contribution in [1.82, 2.24) is 10.3 Å². The molecule has 7 nitrogen and oxygen atoms in total. The summed E-state index contributed by atoms with van der Waals surface area (Å²) in [5.74, 6) is 0. The molecule has 0 fully saturated rings. The van der Waals surface area contributed by atoms with Crippen molar-refractivity contribution in [1.29, 1.82) is 0 Å². The number of aryl methyl sites for hydroxylation is 2. The molecular formula is C6H6N4O3. The predicted octanol–water partition coefficient (Wildman–Crippen LogP) is -0.894. The van der Waals surface area contributed by atoms with E-state index in [9.17, 15) is 10.4 Å². The van der Waals surface area contributed by atoms with Gasteiger partial charge in [-0.3, -0.25) is 0 Å². The summed E-state index contributed by atoms with van der Waals surface area (Å²) in [6, 6.07) is 0. The summed E-state index contributed by atoms with van der Waals surface area (Å²) in [5, 5.41) is 29.4. The number of aromatic nitrogens is 4. The van der Waals surface area contributed by atoms with Crippen LogP contribution in [0.25, 0.3) is 11.0 Å². The van der Waals surface area contributed by atoms with Crippen LogP contribution < -0.4 is 9.69 Å². The summed E-state index contributed by atoms with van der Waals surface area (Å²) in [4.78, 5) is 0.420. The van der Waals surface area contributed by atoms with Gasteiger partial charge in [0.25, 0.3) is 11.4 Å². The molecule has 2 rings (SSSR count). The molecule has 0 N–H and O–H groups in total. The fraction of sp³-hybridized carbons (Fsp3) is 0.333. The minimum absolute atomic E-state index is 0.178. The van der Waals surface area contributed by atoms with Crippen LogP contribution in [0.4, 0.5) is 0 Å². The predicted molar refractivity (Wildman–Crippen MR) is 39.2 cm³/mol. The van der Waals surface area contributed by atoms with Gasteiger partial charge in [-0.1, -0.05) is 0 Å². The van der Waals surface area contributed by atoms with E-state index in [0.717, 1.165) is 0 Å². The molecule has 0 aromatic carbocycles. The van der Waals surface area contributed by atoms with Gasteiger partial charge in [0.2, 0.25) is 11.0 Å². The van der Waals surface area contributed by atoms with Gasteiger partial charge in [-0.25, -0.2) is 4.63 Å². The van der Waals surface area contributed by atoms with E-state index in [1.165, 1.54) is 13.8 Å². The van der Waals surface area contributed by atoms with E-state index in [0.29, 0.717) is 11.0 Å². The van der Waals surface area contributed by atoms with Crippen molar-refractivity contribution in [2.24, 2.45) is 0 Å². The molecule has 0 spiro atoms. The second kappa shape index (κ2) is 2.28. The Kier molecular flexibility index (Phi) is 1.35. The van der Waals surface area contributed by atoms with Gasteiger partial charge in [0, 0.05) is 13.8 Å². The standard InChI is InChI=1S/C6H6N4O3/c1-3-5-6(8-13-7-5)4(2)10(12)9(3)11/h1-2H3. The van der Waals surface area contributed by atoms with E-state index in [1.54, 1.807) is 0 Å². The maximum atomic E-state index is 11.2. The Balaban J connectivity index is 3.02. The molecular weight excluding hydrogens is 176 g/mol. The first kappa shape index (κ1) is 7.71. The fourth-order valence-electron chi connectivity index (χ4n) is 1.12. The van der Waals surface area contributed by atoms with Crippen molar-refractivity contribution >= 4 is 11.0 Å². The molecule has 0 bridgehead atoms. The molecule has 2 aromatic rings. The molecule has 0 aliphatic rings.